The van der Waals surface area contributed by atoms with Gasteiger partial charge in [-0.15, -0.1) is 0 Å². The van der Waals surface area contributed by atoms with E-state index in [1.165, 1.54) is 0 Å². The standard InChI is InChI=1S/C20H13ClF2N2O5S/c21-12-8-14(23)13(22)7-11(12)18(26)24-3-4-25-19(27)17(31-20(25)28)6-10-1-2-15-16(5-10)30-9-29-15/h1-2,5-8H,3-4,9H2,(H,24,26)/b17-6+. The highest BCUT2D eigenvalue weighted by atomic mass is 35.5. The molecule has 0 atom stereocenters. The topological polar surface area (TPSA) is 84.9 Å². The Morgan fingerprint density at radius 2 is 1.90 bits per heavy atom. The summed E-state index contributed by atoms with van der Waals surface area (Å²) in [5, 5.41) is 1.69. The quantitative estimate of drug-likeness (QED) is 0.533. The summed E-state index contributed by atoms with van der Waals surface area (Å²) in [6.07, 6.45) is 1.56. The van der Waals surface area contributed by atoms with Gasteiger partial charge < -0.3 is 14.8 Å². The number of halogens is 3. The Morgan fingerprint density at radius 1 is 1.16 bits per heavy atom. The van der Waals surface area contributed by atoms with Gasteiger partial charge in [0.1, 0.15) is 0 Å². The molecule has 0 bridgehead atoms. The maximum Gasteiger partial charge on any atom is 0.293 e. The molecule has 1 saturated heterocycles. The number of thioether (sulfide) groups is 1. The number of amides is 3. The lowest BCUT2D eigenvalue weighted by atomic mass is 10.2. The first kappa shape index (κ1) is 21.1. The van der Waals surface area contributed by atoms with E-state index in [9.17, 15) is 23.2 Å². The summed E-state index contributed by atoms with van der Waals surface area (Å²) >= 11 is 6.54. The predicted molar refractivity (Wildman–Crippen MR) is 109 cm³/mol. The molecule has 4 rings (SSSR count). The molecule has 2 aliphatic rings. The van der Waals surface area contributed by atoms with Crippen LogP contribution in [0, 0.1) is 11.6 Å². The van der Waals surface area contributed by atoms with E-state index in [-0.39, 0.29) is 35.4 Å². The molecule has 7 nitrogen and oxygen atoms in total. The van der Waals surface area contributed by atoms with Crippen LogP contribution in [0.2, 0.25) is 5.02 Å². The summed E-state index contributed by atoms with van der Waals surface area (Å²) in [5.74, 6) is -2.50. The van der Waals surface area contributed by atoms with Crippen LogP contribution in [0.15, 0.2) is 35.2 Å². The minimum atomic E-state index is -1.21. The van der Waals surface area contributed by atoms with Crippen LogP contribution in [0.25, 0.3) is 6.08 Å². The lowest BCUT2D eigenvalue weighted by Gasteiger charge is -2.13. The number of fused-ring (bicyclic) bond motifs is 1. The smallest absolute Gasteiger partial charge is 0.293 e. The largest absolute Gasteiger partial charge is 0.454 e. The molecule has 0 spiro atoms. The molecule has 0 radical (unpaired) electrons. The molecule has 1 fully saturated rings. The average molecular weight is 467 g/mol. The Kier molecular flexibility index (Phi) is 5.84. The van der Waals surface area contributed by atoms with Crippen molar-refractivity contribution in [1.29, 1.82) is 0 Å². The molecule has 3 amide bonds. The van der Waals surface area contributed by atoms with Crippen molar-refractivity contribution in [2.24, 2.45) is 0 Å². The van der Waals surface area contributed by atoms with Crippen molar-refractivity contribution in [3.05, 3.63) is 63.0 Å². The zero-order valence-corrected chi connectivity index (χ0v) is 17.2. The van der Waals surface area contributed by atoms with Gasteiger partial charge in [-0.3, -0.25) is 19.3 Å². The Bertz CT molecular complexity index is 1140. The number of benzene rings is 2. The molecule has 0 aliphatic carbocycles. The van der Waals surface area contributed by atoms with Crippen molar-refractivity contribution in [1.82, 2.24) is 10.2 Å². The van der Waals surface area contributed by atoms with Gasteiger partial charge in [-0.1, -0.05) is 17.7 Å². The molecule has 2 heterocycles. The minimum Gasteiger partial charge on any atom is -0.454 e. The van der Waals surface area contributed by atoms with E-state index in [2.05, 4.69) is 5.32 Å². The van der Waals surface area contributed by atoms with E-state index in [4.69, 9.17) is 21.1 Å². The summed E-state index contributed by atoms with van der Waals surface area (Å²) in [4.78, 5) is 38.1. The summed E-state index contributed by atoms with van der Waals surface area (Å²) in [6.45, 7) is -0.0729. The molecular weight excluding hydrogens is 454 g/mol. The third kappa shape index (κ3) is 4.35. The maximum absolute atomic E-state index is 13.4. The molecule has 160 valence electrons. The van der Waals surface area contributed by atoms with Crippen molar-refractivity contribution in [2.75, 3.05) is 19.9 Å². The second-order valence-electron chi connectivity index (χ2n) is 6.45. The van der Waals surface area contributed by atoms with Gasteiger partial charge in [-0.2, -0.15) is 0 Å². The highest BCUT2D eigenvalue weighted by Crippen LogP contribution is 2.36. The van der Waals surface area contributed by atoms with E-state index in [0.717, 1.165) is 16.7 Å². The van der Waals surface area contributed by atoms with Crippen molar-refractivity contribution in [2.45, 2.75) is 0 Å². The number of ether oxygens (including phenoxy) is 2. The number of carbonyl (C=O) groups excluding carboxylic acids is 3. The molecule has 0 saturated carbocycles. The van der Waals surface area contributed by atoms with Gasteiger partial charge in [0.15, 0.2) is 23.1 Å². The fourth-order valence-corrected chi connectivity index (χ4v) is 4.02. The monoisotopic (exact) mass is 466 g/mol. The van der Waals surface area contributed by atoms with Gasteiger partial charge in [-0.05, 0) is 47.7 Å². The van der Waals surface area contributed by atoms with E-state index >= 15 is 0 Å². The third-order valence-corrected chi connectivity index (χ3v) is 5.66. The number of rotatable bonds is 5. The Morgan fingerprint density at radius 3 is 2.71 bits per heavy atom. The van der Waals surface area contributed by atoms with Gasteiger partial charge in [0.2, 0.25) is 6.79 Å². The number of nitrogens with one attached hydrogen (secondary N) is 1. The first-order valence-electron chi connectivity index (χ1n) is 8.91. The fraction of sp³-hybridized carbons (Fsp3) is 0.150. The normalized spacial score (nSPS) is 16.4. The Balaban J connectivity index is 1.38. The SMILES string of the molecule is O=C(NCCN1C(=O)S/C(=C/c2ccc3c(c2)OCO3)C1=O)c1cc(F)c(F)cc1Cl. The molecular formula is C20H13ClF2N2O5S. The zero-order valence-electron chi connectivity index (χ0n) is 15.6. The molecule has 11 heteroatoms. The minimum absolute atomic E-state index is 0.0937. The third-order valence-electron chi connectivity index (χ3n) is 4.44. The van der Waals surface area contributed by atoms with Crippen LogP contribution in [-0.4, -0.2) is 41.8 Å². The van der Waals surface area contributed by atoms with Crippen LogP contribution in [0.5, 0.6) is 11.5 Å². The number of hydrogen-bond acceptors (Lipinski definition) is 6. The predicted octanol–water partition coefficient (Wildman–Crippen LogP) is 3.81. The van der Waals surface area contributed by atoms with Crippen LogP contribution in [0.1, 0.15) is 15.9 Å². The number of nitrogens with zero attached hydrogens (tertiary/aromatic N) is 1. The van der Waals surface area contributed by atoms with Crippen molar-refractivity contribution >= 4 is 46.5 Å². The number of carbonyl (C=O) groups is 3. The molecule has 2 aromatic carbocycles. The lowest BCUT2D eigenvalue weighted by Crippen LogP contribution is -2.37. The summed E-state index contributed by atoms with van der Waals surface area (Å²) in [6, 6.07) is 6.51. The highest BCUT2D eigenvalue weighted by molar-refractivity contribution is 8.18. The average Bonchev–Trinajstić information content (AvgIpc) is 3.30. The van der Waals surface area contributed by atoms with Crippen molar-refractivity contribution in [3.63, 3.8) is 0 Å². The van der Waals surface area contributed by atoms with Gasteiger partial charge in [0, 0.05) is 13.1 Å². The number of hydrogen-bond donors (Lipinski definition) is 1. The molecule has 0 unspecified atom stereocenters. The van der Waals surface area contributed by atoms with Crippen molar-refractivity contribution in [3.8, 4) is 11.5 Å². The second-order valence-corrected chi connectivity index (χ2v) is 7.85. The first-order valence-corrected chi connectivity index (χ1v) is 10.1. The molecule has 2 aromatic rings. The lowest BCUT2D eigenvalue weighted by molar-refractivity contribution is -0.122. The van der Waals surface area contributed by atoms with Crippen molar-refractivity contribution < 1.29 is 32.6 Å². The second kappa shape index (κ2) is 8.56. The molecule has 31 heavy (non-hydrogen) atoms. The summed E-state index contributed by atoms with van der Waals surface area (Å²) in [7, 11) is 0. The van der Waals surface area contributed by atoms with E-state index in [0.29, 0.717) is 29.2 Å². The first-order chi connectivity index (χ1) is 14.8. The fourth-order valence-electron chi connectivity index (χ4n) is 2.92. The molecule has 2 aliphatic heterocycles. The zero-order chi connectivity index (χ0) is 22.1. The van der Waals surface area contributed by atoms with Crippen LogP contribution < -0.4 is 14.8 Å². The van der Waals surface area contributed by atoms with Crippen LogP contribution in [0.3, 0.4) is 0 Å². The number of imide groups is 1. The van der Waals surface area contributed by atoms with Crippen LogP contribution >= 0.6 is 23.4 Å². The van der Waals surface area contributed by atoms with Gasteiger partial charge in [0.05, 0.1) is 15.5 Å². The molecule has 0 aromatic heterocycles. The van der Waals surface area contributed by atoms with Crippen LogP contribution in [-0.2, 0) is 4.79 Å². The van der Waals surface area contributed by atoms with E-state index < -0.39 is 28.7 Å². The maximum atomic E-state index is 13.4. The Hall–Kier alpha value is -3.11. The van der Waals surface area contributed by atoms with E-state index in [1.807, 2.05) is 0 Å². The van der Waals surface area contributed by atoms with Crippen LogP contribution in [0.4, 0.5) is 13.6 Å². The molecule has 1 N–H and O–H groups in total. The summed E-state index contributed by atoms with van der Waals surface area (Å²) < 4.78 is 37.0. The van der Waals surface area contributed by atoms with E-state index in [1.54, 1.807) is 24.3 Å². The van der Waals surface area contributed by atoms with Gasteiger partial charge >= 0.3 is 0 Å². The Labute approximate surface area is 183 Å². The van der Waals surface area contributed by atoms with Gasteiger partial charge in [-0.25, -0.2) is 8.78 Å². The summed E-state index contributed by atoms with van der Waals surface area (Å²) in [5.41, 5.74) is 0.411. The van der Waals surface area contributed by atoms with Gasteiger partial charge in [0.25, 0.3) is 17.1 Å². The highest BCUT2D eigenvalue weighted by Gasteiger charge is 2.34.